The lowest BCUT2D eigenvalue weighted by Crippen LogP contribution is -2.33. The molecule has 1 aromatic heterocycles. The van der Waals surface area contributed by atoms with Crippen LogP contribution in [0.4, 0.5) is 0 Å². The first-order chi connectivity index (χ1) is 8.54. The maximum absolute atomic E-state index is 11.7. The van der Waals surface area contributed by atoms with Gasteiger partial charge >= 0.3 is 0 Å². The van der Waals surface area contributed by atoms with Crippen LogP contribution >= 0.6 is 11.3 Å². The van der Waals surface area contributed by atoms with Gasteiger partial charge in [0, 0.05) is 19.0 Å². The highest BCUT2D eigenvalue weighted by Gasteiger charge is 2.11. The number of rotatable bonds is 6. The molecule has 2 N–H and O–H groups in total. The summed E-state index contributed by atoms with van der Waals surface area (Å²) in [6, 6.07) is 0. The molecule has 0 saturated heterocycles. The summed E-state index contributed by atoms with van der Waals surface area (Å²) in [5.74, 6) is -0.0835. The number of carbonyl (C=O) groups is 2. The Morgan fingerprint density at radius 3 is 2.67 bits per heavy atom. The van der Waals surface area contributed by atoms with Gasteiger partial charge in [0.05, 0.1) is 11.2 Å². The summed E-state index contributed by atoms with van der Waals surface area (Å²) in [4.78, 5) is 27.3. The molecule has 98 valence electrons. The van der Waals surface area contributed by atoms with E-state index in [1.54, 1.807) is 6.20 Å². The summed E-state index contributed by atoms with van der Waals surface area (Å²) in [5.41, 5.74) is 0. The Morgan fingerprint density at radius 2 is 2.11 bits per heavy atom. The van der Waals surface area contributed by atoms with Gasteiger partial charge in [0.25, 0.3) is 5.91 Å². The first-order valence-corrected chi connectivity index (χ1v) is 6.50. The van der Waals surface area contributed by atoms with Crippen molar-refractivity contribution >= 4 is 23.2 Å². The van der Waals surface area contributed by atoms with Crippen molar-refractivity contribution in [2.45, 2.75) is 19.8 Å². The third-order valence-corrected chi connectivity index (χ3v) is 3.43. The van der Waals surface area contributed by atoms with Crippen LogP contribution in [0.3, 0.4) is 0 Å². The number of nitrogens with zero attached hydrogens (tertiary/aromatic N) is 1. The molecule has 1 heterocycles. The molecular weight excluding hydrogens is 250 g/mol. The van der Waals surface area contributed by atoms with Crippen molar-refractivity contribution in [1.29, 1.82) is 0 Å². The number of nitrogens with one attached hydrogen (secondary N) is 2. The Balaban J connectivity index is 2.36. The molecule has 0 unspecified atom stereocenters. The first kappa shape index (κ1) is 14.4. The highest BCUT2D eigenvalue weighted by atomic mass is 32.1. The van der Waals surface area contributed by atoms with E-state index < -0.39 is 0 Å². The van der Waals surface area contributed by atoms with Gasteiger partial charge in [0.2, 0.25) is 5.91 Å². The van der Waals surface area contributed by atoms with E-state index in [-0.39, 0.29) is 11.8 Å². The third kappa shape index (κ3) is 4.29. The van der Waals surface area contributed by atoms with Crippen molar-refractivity contribution < 1.29 is 9.59 Å². The van der Waals surface area contributed by atoms with E-state index in [1.807, 2.05) is 13.8 Å². The molecule has 2 amide bonds. The molecule has 6 heteroatoms. The quantitative estimate of drug-likeness (QED) is 0.603. The topological polar surface area (TPSA) is 71.1 Å². The highest BCUT2D eigenvalue weighted by molar-refractivity contribution is 7.13. The van der Waals surface area contributed by atoms with Gasteiger partial charge in [-0.2, -0.15) is 0 Å². The highest BCUT2D eigenvalue weighted by Crippen LogP contribution is 2.20. The maximum Gasteiger partial charge on any atom is 0.263 e. The molecule has 5 nitrogen and oxygen atoms in total. The predicted octanol–water partition coefficient (Wildman–Crippen LogP) is 1.30. The van der Waals surface area contributed by atoms with E-state index in [0.717, 1.165) is 5.01 Å². The van der Waals surface area contributed by atoms with Gasteiger partial charge in [-0.05, 0) is 6.08 Å². The average Bonchev–Trinajstić information content (AvgIpc) is 2.83. The van der Waals surface area contributed by atoms with Crippen LogP contribution in [0, 0.1) is 0 Å². The molecule has 1 rings (SSSR count). The second-order valence-corrected chi connectivity index (χ2v) is 5.03. The van der Waals surface area contributed by atoms with Gasteiger partial charge in [-0.1, -0.05) is 20.4 Å². The molecule has 0 fully saturated rings. The van der Waals surface area contributed by atoms with Crippen LogP contribution in [0.15, 0.2) is 18.9 Å². The zero-order valence-corrected chi connectivity index (χ0v) is 11.3. The average molecular weight is 267 g/mol. The maximum atomic E-state index is 11.7. The van der Waals surface area contributed by atoms with Gasteiger partial charge < -0.3 is 10.6 Å². The van der Waals surface area contributed by atoms with Crippen molar-refractivity contribution in [2.24, 2.45) is 0 Å². The van der Waals surface area contributed by atoms with Gasteiger partial charge in [-0.25, -0.2) is 4.98 Å². The summed E-state index contributed by atoms with van der Waals surface area (Å²) >= 11 is 1.39. The SMILES string of the molecule is C=CC(=O)NCCNC(=O)c1cnc(C(C)C)s1. The Labute approximate surface area is 110 Å². The summed E-state index contributed by atoms with van der Waals surface area (Å²) in [7, 11) is 0. The van der Waals surface area contributed by atoms with Gasteiger partial charge in [-0.15, -0.1) is 11.3 Å². The lowest BCUT2D eigenvalue weighted by Gasteiger charge is -2.03. The normalized spacial score (nSPS) is 10.2. The van der Waals surface area contributed by atoms with Crippen molar-refractivity contribution in [3.63, 3.8) is 0 Å². The fourth-order valence-electron chi connectivity index (χ4n) is 1.18. The van der Waals surface area contributed by atoms with Crippen LogP contribution in [-0.2, 0) is 4.79 Å². The van der Waals surface area contributed by atoms with Gasteiger partial charge in [0.1, 0.15) is 4.88 Å². The minimum absolute atomic E-state index is 0.160. The fourth-order valence-corrected chi connectivity index (χ4v) is 2.02. The molecule has 0 spiro atoms. The number of hydrogen-bond donors (Lipinski definition) is 2. The summed E-state index contributed by atoms with van der Waals surface area (Å²) < 4.78 is 0. The Morgan fingerprint density at radius 1 is 1.44 bits per heavy atom. The molecule has 0 aliphatic heterocycles. The number of thiazole rings is 1. The van der Waals surface area contributed by atoms with Crippen molar-refractivity contribution in [3.05, 3.63) is 28.7 Å². The number of hydrogen-bond acceptors (Lipinski definition) is 4. The third-order valence-electron chi connectivity index (χ3n) is 2.14. The lowest BCUT2D eigenvalue weighted by atomic mass is 10.2. The predicted molar refractivity (Wildman–Crippen MR) is 71.7 cm³/mol. The molecule has 0 aromatic carbocycles. The van der Waals surface area contributed by atoms with Crippen LogP contribution in [0.2, 0.25) is 0 Å². The van der Waals surface area contributed by atoms with E-state index in [0.29, 0.717) is 23.9 Å². The number of carbonyl (C=O) groups excluding carboxylic acids is 2. The molecule has 0 radical (unpaired) electrons. The molecule has 0 aliphatic rings. The van der Waals surface area contributed by atoms with E-state index in [2.05, 4.69) is 22.2 Å². The Bertz CT molecular complexity index is 440. The van der Waals surface area contributed by atoms with Crippen molar-refractivity contribution in [3.8, 4) is 0 Å². The van der Waals surface area contributed by atoms with E-state index in [9.17, 15) is 9.59 Å². The Kier molecular flexibility index (Phi) is 5.51. The zero-order valence-electron chi connectivity index (χ0n) is 10.5. The van der Waals surface area contributed by atoms with Gasteiger partial charge in [0.15, 0.2) is 0 Å². The number of aromatic nitrogens is 1. The summed E-state index contributed by atoms with van der Waals surface area (Å²) in [5, 5.41) is 6.24. The van der Waals surface area contributed by atoms with Crippen LogP contribution in [0.1, 0.15) is 34.4 Å². The largest absolute Gasteiger partial charge is 0.351 e. The van der Waals surface area contributed by atoms with Crippen molar-refractivity contribution in [1.82, 2.24) is 15.6 Å². The standard InChI is InChI=1S/C12H17N3O2S/c1-4-10(16)13-5-6-14-11(17)9-7-15-12(18-9)8(2)3/h4,7-8H,1,5-6H2,2-3H3,(H,13,16)(H,14,17). The number of amides is 2. The zero-order chi connectivity index (χ0) is 13.5. The molecule has 18 heavy (non-hydrogen) atoms. The van der Waals surface area contributed by atoms with Crippen LogP contribution in [0.5, 0.6) is 0 Å². The monoisotopic (exact) mass is 267 g/mol. The van der Waals surface area contributed by atoms with Crippen LogP contribution < -0.4 is 10.6 Å². The molecule has 1 aromatic rings. The second-order valence-electron chi connectivity index (χ2n) is 3.97. The van der Waals surface area contributed by atoms with Gasteiger partial charge in [-0.3, -0.25) is 9.59 Å². The van der Waals surface area contributed by atoms with E-state index in [4.69, 9.17) is 0 Å². The first-order valence-electron chi connectivity index (χ1n) is 5.68. The second kappa shape index (κ2) is 6.90. The molecule has 0 saturated carbocycles. The minimum atomic E-state index is -0.246. The fraction of sp³-hybridized carbons (Fsp3) is 0.417. The van der Waals surface area contributed by atoms with Crippen molar-refractivity contribution in [2.75, 3.05) is 13.1 Å². The molecule has 0 aliphatic carbocycles. The molecule has 0 bridgehead atoms. The molecule has 0 atom stereocenters. The molecular formula is C12H17N3O2S. The smallest absolute Gasteiger partial charge is 0.263 e. The van der Waals surface area contributed by atoms with Crippen LogP contribution in [0.25, 0.3) is 0 Å². The minimum Gasteiger partial charge on any atom is -0.351 e. The van der Waals surface area contributed by atoms with E-state index in [1.165, 1.54) is 17.4 Å². The Hall–Kier alpha value is -1.69. The lowest BCUT2D eigenvalue weighted by molar-refractivity contribution is -0.116. The summed E-state index contributed by atoms with van der Waals surface area (Å²) in [6.07, 6.45) is 2.78. The van der Waals surface area contributed by atoms with E-state index >= 15 is 0 Å². The summed E-state index contributed by atoms with van der Waals surface area (Å²) in [6.45, 7) is 8.17. The van der Waals surface area contributed by atoms with Crippen LogP contribution in [-0.4, -0.2) is 29.9 Å².